The number of aliphatic carboxylic acids is 1. The van der Waals surface area contributed by atoms with E-state index in [-0.39, 0.29) is 33.8 Å². The highest BCUT2D eigenvalue weighted by molar-refractivity contribution is 5.87. The van der Waals surface area contributed by atoms with Crippen LogP contribution in [0.3, 0.4) is 0 Å². The van der Waals surface area contributed by atoms with Crippen molar-refractivity contribution in [1.82, 2.24) is 0 Å². The number of fused-ring (bicyclic) bond motifs is 7. The smallest absolute Gasteiger partial charge is 0.331 e. The second kappa shape index (κ2) is 11.4. The number of hydrogen-bond donors (Lipinski definition) is 3. The predicted octanol–water partition coefficient (Wildman–Crippen LogP) is 8.04. The Morgan fingerprint density at radius 3 is 2.38 bits per heavy atom. The summed E-state index contributed by atoms with van der Waals surface area (Å²) in [6.45, 7) is 16.2. The van der Waals surface area contributed by atoms with Gasteiger partial charge in [0.15, 0.2) is 11.5 Å². The number of phenolic OH excluding ortho intramolecular Hbond substituents is 1. The number of carbonyl (C=O) groups excluding carboxylic acids is 1. The first-order valence-electron chi connectivity index (χ1n) is 17.8. The highest BCUT2D eigenvalue weighted by Gasteiger charge is 2.70. The molecule has 0 spiro atoms. The molecule has 4 saturated carbocycles. The fourth-order valence-corrected chi connectivity index (χ4v) is 12.3. The number of rotatable bonds is 5. The van der Waals surface area contributed by atoms with Crippen LogP contribution in [-0.2, 0) is 14.3 Å². The summed E-state index contributed by atoms with van der Waals surface area (Å²) >= 11 is 0. The van der Waals surface area contributed by atoms with Gasteiger partial charge in [-0.2, -0.15) is 0 Å². The molecule has 1 aromatic rings. The number of esters is 1. The summed E-state index contributed by atoms with van der Waals surface area (Å²) < 4.78 is 11.3. The van der Waals surface area contributed by atoms with Crippen LogP contribution in [0.15, 0.2) is 35.9 Å². The monoisotopic (exact) mass is 648 g/mol. The van der Waals surface area contributed by atoms with E-state index in [2.05, 4.69) is 54.5 Å². The fourth-order valence-electron chi connectivity index (χ4n) is 12.3. The van der Waals surface area contributed by atoms with Gasteiger partial charge in [-0.15, -0.1) is 0 Å². The van der Waals surface area contributed by atoms with E-state index in [4.69, 9.17) is 9.47 Å². The molecule has 4 fully saturated rings. The van der Waals surface area contributed by atoms with Gasteiger partial charge in [0.1, 0.15) is 6.10 Å². The Morgan fingerprint density at radius 1 is 0.979 bits per heavy atom. The van der Waals surface area contributed by atoms with Gasteiger partial charge in [-0.1, -0.05) is 66.2 Å². The molecule has 0 radical (unpaired) electrons. The number of benzene rings is 1. The number of carboxylic acid groups (broad SMARTS) is 1. The molecule has 0 aliphatic heterocycles. The number of aliphatic hydroxyl groups excluding tert-OH is 1. The van der Waals surface area contributed by atoms with E-state index in [0.717, 1.165) is 44.9 Å². The van der Waals surface area contributed by atoms with Crippen molar-refractivity contribution in [2.24, 2.45) is 56.7 Å². The summed E-state index contributed by atoms with van der Waals surface area (Å²) in [6.07, 6.45) is 10.9. The second-order valence-corrected chi connectivity index (χ2v) is 17.3. The van der Waals surface area contributed by atoms with E-state index in [0.29, 0.717) is 35.5 Å². The van der Waals surface area contributed by atoms with Crippen LogP contribution in [0.1, 0.15) is 105 Å². The van der Waals surface area contributed by atoms with Crippen LogP contribution < -0.4 is 4.74 Å². The van der Waals surface area contributed by atoms with Crippen molar-refractivity contribution in [3.05, 3.63) is 41.5 Å². The minimum atomic E-state index is -0.803. The lowest BCUT2D eigenvalue weighted by Gasteiger charge is -2.71. The van der Waals surface area contributed by atoms with Crippen LogP contribution in [0.5, 0.6) is 11.5 Å². The molecule has 0 bridgehead atoms. The first-order valence-corrected chi connectivity index (χ1v) is 17.8. The van der Waals surface area contributed by atoms with Gasteiger partial charge in [-0.3, -0.25) is 4.79 Å². The Balaban J connectivity index is 1.28. The maximum atomic E-state index is 13.1. The van der Waals surface area contributed by atoms with Crippen molar-refractivity contribution in [2.75, 3.05) is 7.11 Å². The minimum absolute atomic E-state index is 0.0272. The van der Waals surface area contributed by atoms with Gasteiger partial charge >= 0.3 is 11.9 Å². The molecule has 7 nitrogen and oxygen atoms in total. The summed E-state index contributed by atoms with van der Waals surface area (Å²) in [6, 6.07) is 4.86. The van der Waals surface area contributed by atoms with Gasteiger partial charge in [-0.25, -0.2) is 4.79 Å². The largest absolute Gasteiger partial charge is 0.504 e. The van der Waals surface area contributed by atoms with Crippen molar-refractivity contribution in [3.63, 3.8) is 0 Å². The molecular weight excluding hydrogens is 592 g/mol. The number of aromatic hydroxyl groups is 1. The van der Waals surface area contributed by atoms with Gasteiger partial charge in [0.2, 0.25) is 0 Å². The molecule has 11 atom stereocenters. The van der Waals surface area contributed by atoms with Crippen molar-refractivity contribution < 1.29 is 34.4 Å². The van der Waals surface area contributed by atoms with E-state index in [9.17, 15) is 24.9 Å². The lowest BCUT2D eigenvalue weighted by atomic mass is 9.33. The first-order chi connectivity index (χ1) is 22.0. The van der Waals surface area contributed by atoms with E-state index >= 15 is 0 Å². The SMILES string of the molecule is COc1cc(/C=C/C(=O)O[C@H]2[C@H](O)C[C@]3(C)[C@H]4CC=C5[C@@H]6[C@@H](C)[C@H](C)CC[C@]6(C(=O)O)CC[C@@]5(C)[C@]4(C)CC[C@H]3C2(C)C)ccc1O. The van der Waals surface area contributed by atoms with Gasteiger partial charge in [0.25, 0.3) is 0 Å². The quantitative estimate of drug-likeness (QED) is 0.168. The molecule has 258 valence electrons. The van der Waals surface area contributed by atoms with Crippen LogP contribution in [0.4, 0.5) is 0 Å². The number of hydrogen-bond acceptors (Lipinski definition) is 6. The Bertz CT molecular complexity index is 1490. The molecule has 7 heteroatoms. The Hall–Kier alpha value is -2.80. The van der Waals surface area contributed by atoms with Crippen LogP contribution in [0.25, 0.3) is 6.08 Å². The number of ether oxygens (including phenoxy) is 2. The molecule has 1 aromatic carbocycles. The third kappa shape index (κ3) is 4.83. The standard InChI is InChI=1S/C40H56O7/c1-23-15-18-40(35(44)45)20-19-38(6)26(33(40)24(23)2)11-13-31-37(5)22-28(42)34(36(3,4)30(37)16-17-39(31,38)7)47-32(43)14-10-25-9-12-27(41)29(21-25)46-8/h9-12,14,21,23-24,28,30-31,33-34,41-42H,13,15-20,22H2,1-8H3,(H,44,45)/b14-10+/t23-,24+,28-,30+,31-,33+,34+,37+,38-,39-,40+/m1/s1. The number of phenols is 1. The summed E-state index contributed by atoms with van der Waals surface area (Å²) in [7, 11) is 1.48. The zero-order chi connectivity index (χ0) is 34.3. The lowest BCUT2D eigenvalue weighted by molar-refractivity contribution is -0.238. The van der Waals surface area contributed by atoms with E-state index in [1.807, 2.05) is 0 Å². The number of methoxy groups -OCH3 is 1. The maximum Gasteiger partial charge on any atom is 0.331 e. The van der Waals surface area contributed by atoms with E-state index in [1.54, 1.807) is 18.2 Å². The van der Waals surface area contributed by atoms with Crippen LogP contribution in [0.2, 0.25) is 0 Å². The molecule has 0 saturated heterocycles. The van der Waals surface area contributed by atoms with Crippen LogP contribution >= 0.6 is 0 Å². The average molecular weight is 649 g/mol. The molecule has 3 N–H and O–H groups in total. The molecule has 6 rings (SSSR count). The normalized spacial score (nSPS) is 43.9. The molecule has 0 heterocycles. The second-order valence-electron chi connectivity index (χ2n) is 17.3. The van der Waals surface area contributed by atoms with Crippen LogP contribution in [-0.4, -0.2) is 46.6 Å². The topological polar surface area (TPSA) is 113 Å². The van der Waals surface area contributed by atoms with Crippen molar-refractivity contribution in [1.29, 1.82) is 0 Å². The van der Waals surface area contributed by atoms with Crippen molar-refractivity contribution >= 4 is 18.0 Å². The molecule has 47 heavy (non-hydrogen) atoms. The number of carbonyl (C=O) groups is 2. The molecule has 0 unspecified atom stereocenters. The minimum Gasteiger partial charge on any atom is -0.504 e. The number of aliphatic hydroxyl groups is 1. The maximum absolute atomic E-state index is 13.1. The Morgan fingerprint density at radius 2 is 1.70 bits per heavy atom. The summed E-state index contributed by atoms with van der Waals surface area (Å²) in [5.41, 5.74) is 0.686. The zero-order valence-electron chi connectivity index (χ0n) is 29.6. The molecular formula is C40H56O7. The van der Waals surface area contributed by atoms with Gasteiger partial charge < -0.3 is 24.8 Å². The van der Waals surface area contributed by atoms with Crippen molar-refractivity contribution in [3.8, 4) is 11.5 Å². The van der Waals surface area contributed by atoms with Gasteiger partial charge in [0.05, 0.1) is 18.6 Å². The number of carboxylic acids is 1. The molecule has 0 aromatic heterocycles. The lowest BCUT2D eigenvalue weighted by Crippen LogP contribution is -2.67. The molecule has 5 aliphatic rings. The zero-order valence-corrected chi connectivity index (χ0v) is 29.6. The number of allylic oxidation sites excluding steroid dienone is 2. The summed E-state index contributed by atoms with van der Waals surface area (Å²) in [5, 5.41) is 32.4. The third-order valence-corrected chi connectivity index (χ3v) is 15.2. The summed E-state index contributed by atoms with van der Waals surface area (Å²) in [5.74, 6) is 0.705. The highest BCUT2D eigenvalue weighted by atomic mass is 16.6. The molecule has 5 aliphatic carbocycles. The summed E-state index contributed by atoms with van der Waals surface area (Å²) in [4.78, 5) is 26.1. The molecule has 0 amide bonds. The average Bonchev–Trinajstić information content (AvgIpc) is 3.00. The van der Waals surface area contributed by atoms with E-state index in [1.165, 1.54) is 24.8 Å². The fraction of sp³-hybridized carbons (Fsp3) is 0.700. The Labute approximate surface area is 280 Å². The first kappa shape index (κ1) is 34.1. The Kier molecular flexibility index (Phi) is 8.26. The van der Waals surface area contributed by atoms with E-state index < -0.39 is 35.0 Å². The third-order valence-electron chi connectivity index (χ3n) is 15.2. The van der Waals surface area contributed by atoms with Crippen molar-refractivity contribution in [2.45, 2.75) is 112 Å². The van der Waals surface area contributed by atoms with Gasteiger partial charge in [-0.05, 0) is 121 Å². The predicted molar refractivity (Wildman–Crippen MR) is 182 cm³/mol. The highest BCUT2D eigenvalue weighted by Crippen LogP contribution is 2.75. The van der Waals surface area contributed by atoms with Crippen LogP contribution in [0, 0.1) is 56.7 Å². The van der Waals surface area contributed by atoms with Gasteiger partial charge in [0, 0.05) is 11.5 Å².